The number of carbonyl (C=O) groups excluding carboxylic acids is 1. The van der Waals surface area contributed by atoms with Gasteiger partial charge in [-0.2, -0.15) is 18.3 Å². The molecule has 0 unspecified atom stereocenters. The van der Waals surface area contributed by atoms with Crippen LogP contribution in [0.3, 0.4) is 0 Å². The topological polar surface area (TPSA) is 63.1 Å². The third-order valence-corrected chi connectivity index (χ3v) is 5.75. The van der Waals surface area contributed by atoms with Crippen molar-refractivity contribution in [3.63, 3.8) is 0 Å². The van der Waals surface area contributed by atoms with E-state index in [1.165, 1.54) is 0 Å². The largest absolute Gasteiger partial charge is 0.434 e. The first-order valence-corrected chi connectivity index (χ1v) is 10.5. The van der Waals surface area contributed by atoms with Gasteiger partial charge in [0.15, 0.2) is 5.69 Å². The van der Waals surface area contributed by atoms with Crippen molar-refractivity contribution in [2.24, 2.45) is 0 Å². The van der Waals surface area contributed by atoms with Crippen molar-refractivity contribution in [2.75, 3.05) is 26.2 Å². The van der Waals surface area contributed by atoms with Gasteiger partial charge < -0.3 is 10.2 Å². The summed E-state index contributed by atoms with van der Waals surface area (Å²) in [4.78, 5) is 18.9. The number of benzene rings is 1. The van der Waals surface area contributed by atoms with Crippen LogP contribution in [-0.4, -0.2) is 51.8 Å². The number of amides is 1. The van der Waals surface area contributed by atoms with Crippen LogP contribution < -0.4 is 5.32 Å². The highest BCUT2D eigenvalue weighted by molar-refractivity contribution is 7.12. The molecule has 1 saturated heterocycles. The molecule has 0 saturated carbocycles. The van der Waals surface area contributed by atoms with E-state index in [4.69, 9.17) is 0 Å². The summed E-state index contributed by atoms with van der Waals surface area (Å²) in [5, 5.41) is 8.15. The molecule has 1 fully saturated rings. The Balaban J connectivity index is 1.56. The number of nitrogens with one attached hydrogen (secondary N) is 1. The van der Waals surface area contributed by atoms with Crippen LogP contribution in [-0.2, 0) is 6.18 Å². The molecule has 158 valence electrons. The minimum absolute atomic E-state index is 0.0531. The van der Waals surface area contributed by atoms with Gasteiger partial charge in [-0.3, -0.25) is 4.79 Å². The Kier molecular flexibility index (Phi) is 5.87. The number of hydrogen-bond donors (Lipinski definition) is 1. The highest BCUT2D eigenvalue weighted by Crippen LogP contribution is 2.35. The molecule has 6 nitrogen and oxygen atoms in total. The second-order valence-corrected chi connectivity index (χ2v) is 7.84. The number of rotatable bonds is 6. The molecular formula is C20H20F3N5OS. The molecule has 4 rings (SSSR count). The molecule has 1 aliphatic rings. The van der Waals surface area contributed by atoms with Crippen LogP contribution in [0.5, 0.6) is 0 Å². The number of likely N-dealkylation sites (tertiary alicyclic amines) is 1. The fraction of sp³-hybridized carbons (Fsp3) is 0.350. The fourth-order valence-corrected chi connectivity index (χ4v) is 4.26. The molecule has 0 atom stereocenters. The minimum atomic E-state index is -4.75. The number of aromatic nitrogens is 3. The van der Waals surface area contributed by atoms with E-state index in [-0.39, 0.29) is 11.7 Å². The van der Waals surface area contributed by atoms with E-state index in [1.807, 2.05) is 30.3 Å². The van der Waals surface area contributed by atoms with Crippen LogP contribution in [0.15, 0.2) is 41.9 Å². The van der Waals surface area contributed by atoms with Crippen molar-refractivity contribution in [2.45, 2.75) is 19.0 Å². The van der Waals surface area contributed by atoms with Crippen LogP contribution in [0, 0.1) is 0 Å². The van der Waals surface area contributed by atoms with Gasteiger partial charge in [-0.1, -0.05) is 30.3 Å². The molecule has 3 aromatic rings. The first-order chi connectivity index (χ1) is 14.4. The number of alkyl halides is 3. The Labute approximate surface area is 175 Å². The Hall–Kier alpha value is -2.72. The summed E-state index contributed by atoms with van der Waals surface area (Å²) in [6.45, 7) is 2.82. The van der Waals surface area contributed by atoms with E-state index in [9.17, 15) is 18.0 Å². The van der Waals surface area contributed by atoms with Gasteiger partial charge in [-0.25, -0.2) is 9.67 Å². The first kappa shape index (κ1) is 20.5. The Bertz CT molecular complexity index is 1010. The molecular weight excluding hydrogens is 415 g/mol. The maximum atomic E-state index is 13.8. The van der Waals surface area contributed by atoms with E-state index < -0.39 is 23.3 Å². The molecule has 0 spiro atoms. The summed E-state index contributed by atoms with van der Waals surface area (Å²) in [7, 11) is 0. The lowest BCUT2D eigenvalue weighted by Crippen LogP contribution is -2.34. The summed E-state index contributed by atoms with van der Waals surface area (Å²) >= 11 is 1.04. The van der Waals surface area contributed by atoms with E-state index in [0.29, 0.717) is 16.9 Å². The molecule has 0 aliphatic carbocycles. The highest BCUT2D eigenvalue weighted by Gasteiger charge is 2.41. The predicted molar refractivity (Wildman–Crippen MR) is 108 cm³/mol. The summed E-state index contributed by atoms with van der Waals surface area (Å²) in [6, 6.07) is 9.15. The number of thiazole rings is 1. The van der Waals surface area contributed by atoms with Gasteiger partial charge in [0.25, 0.3) is 5.91 Å². The van der Waals surface area contributed by atoms with Crippen LogP contribution in [0.1, 0.15) is 28.9 Å². The molecule has 1 aromatic carbocycles. The first-order valence-electron chi connectivity index (χ1n) is 9.60. The van der Waals surface area contributed by atoms with Gasteiger partial charge in [0, 0.05) is 24.0 Å². The van der Waals surface area contributed by atoms with Gasteiger partial charge in [-0.15, -0.1) is 11.3 Å². The van der Waals surface area contributed by atoms with Crippen LogP contribution in [0.4, 0.5) is 13.2 Å². The number of halogens is 3. The zero-order valence-corrected chi connectivity index (χ0v) is 16.8. The van der Waals surface area contributed by atoms with E-state index in [0.717, 1.165) is 49.0 Å². The molecule has 0 bridgehead atoms. The quantitative estimate of drug-likeness (QED) is 0.639. The minimum Gasteiger partial charge on any atom is -0.351 e. The normalized spacial score (nSPS) is 14.9. The van der Waals surface area contributed by atoms with E-state index in [2.05, 4.69) is 20.3 Å². The second kappa shape index (κ2) is 8.57. The average molecular weight is 435 g/mol. The highest BCUT2D eigenvalue weighted by atomic mass is 32.1. The lowest BCUT2D eigenvalue weighted by molar-refractivity contribution is -0.143. The lowest BCUT2D eigenvalue weighted by Gasteiger charge is -2.15. The lowest BCUT2D eigenvalue weighted by atomic mass is 10.2. The maximum absolute atomic E-state index is 13.8. The van der Waals surface area contributed by atoms with Crippen LogP contribution in [0.2, 0.25) is 0 Å². The molecule has 1 N–H and O–H groups in total. The van der Waals surface area contributed by atoms with Gasteiger partial charge >= 0.3 is 6.18 Å². The zero-order chi connectivity index (χ0) is 21.1. The van der Waals surface area contributed by atoms with Crippen LogP contribution >= 0.6 is 11.3 Å². The van der Waals surface area contributed by atoms with Crippen molar-refractivity contribution < 1.29 is 18.0 Å². The third-order valence-electron chi connectivity index (χ3n) is 4.94. The van der Waals surface area contributed by atoms with Gasteiger partial charge in [0.1, 0.15) is 0 Å². The van der Waals surface area contributed by atoms with E-state index in [1.54, 1.807) is 5.38 Å². The summed E-state index contributed by atoms with van der Waals surface area (Å²) < 4.78 is 42.1. The SMILES string of the molecule is O=C(NCCN1CCCC1)c1cnn(-c2nc(-c3ccccc3)cs2)c1C(F)(F)F. The summed E-state index contributed by atoms with van der Waals surface area (Å²) in [5.74, 6) is -0.785. The Morgan fingerprint density at radius 1 is 1.17 bits per heavy atom. The Morgan fingerprint density at radius 3 is 2.60 bits per heavy atom. The monoisotopic (exact) mass is 435 g/mol. The van der Waals surface area contributed by atoms with Gasteiger partial charge in [-0.05, 0) is 25.9 Å². The Morgan fingerprint density at radius 2 is 1.90 bits per heavy atom. The fourth-order valence-electron chi connectivity index (χ4n) is 3.46. The van der Waals surface area contributed by atoms with Crippen LogP contribution in [0.25, 0.3) is 16.4 Å². The van der Waals surface area contributed by atoms with Crippen molar-refractivity contribution in [1.29, 1.82) is 0 Å². The van der Waals surface area contributed by atoms with Crippen molar-refractivity contribution in [1.82, 2.24) is 25.0 Å². The van der Waals surface area contributed by atoms with Crippen molar-refractivity contribution >= 4 is 17.2 Å². The second-order valence-electron chi connectivity index (χ2n) is 7.00. The molecule has 0 radical (unpaired) electrons. The standard InChI is InChI=1S/C20H20F3N5OS/c21-20(22,23)17-15(18(29)24-8-11-27-9-4-5-10-27)12-25-28(17)19-26-16(13-30-19)14-6-2-1-3-7-14/h1-3,6-7,12-13H,4-5,8-11H2,(H,24,29). The number of nitrogens with zero attached hydrogens (tertiary/aromatic N) is 4. The smallest absolute Gasteiger partial charge is 0.351 e. The number of hydrogen-bond acceptors (Lipinski definition) is 5. The summed E-state index contributed by atoms with van der Waals surface area (Å²) in [6.07, 6.45) is -1.58. The summed E-state index contributed by atoms with van der Waals surface area (Å²) in [5.41, 5.74) is -0.271. The predicted octanol–water partition coefficient (Wildman–Crippen LogP) is 3.84. The molecule has 1 aliphatic heterocycles. The van der Waals surface area contributed by atoms with Crippen molar-refractivity contribution in [3.05, 3.63) is 53.2 Å². The van der Waals surface area contributed by atoms with E-state index >= 15 is 0 Å². The molecule has 2 aromatic heterocycles. The molecule has 30 heavy (non-hydrogen) atoms. The zero-order valence-electron chi connectivity index (χ0n) is 16.0. The van der Waals surface area contributed by atoms with Gasteiger partial charge in [0.05, 0.1) is 17.5 Å². The molecule has 3 heterocycles. The molecule has 10 heteroatoms. The maximum Gasteiger partial charge on any atom is 0.434 e. The van der Waals surface area contributed by atoms with Crippen molar-refractivity contribution in [3.8, 4) is 16.4 Å². The third kappa shape index (κ3) is 4.39. The average Bonchev–Trinajstić information content (AvgIpc) is 3.47. The van der Waals surface area contributed by atoms with Gasteiger partial charge in [0.2, 0.25) is 5.13 Å². The number of carbonyl (C=O) groups is 1. The molecule has 1 amide bonds.